The van der Waals surface area contributed by atoms with Crippen LogP contribution in [-0.2, 0) is 0 Å². The van der Waals surface area contributed by atoms with Gasteiger partial charge in [-0.2, -0.15) is 0 Å². The first kappa shape index (κ1) is 17.2. The van der Waals surface area contributed by atoms with E-state index < -0.39 is 0 Å². The van der Waals surface area contributed by atoms with E-state index in [1.54, 1.807) is 23.5 Å². The van der Waals surface area contributed by atoms with Crippen LogP contribution in [0.1, 0.15) is 32.0 Å². The van der Waals surface area contributed by atoms with Crippen molar-refractivity contribution in [1.82, 2.24) is 20.2 Å². The molecule has 132 valence electrons. The molecule has 0 saturated carbocycles. The van der Waals surface area contributed by atoms with Crippen molar-refractivity contribution in [2.75, 3.05) is 13.1 Å². The molecule has 3 rings (SSSR count). The van der Waals surface area contributed by atoms with Crippen LogP contribution in [0.4, 0.5) is 4.79 Å². The molecule has 0 radical (unpaired) electrons. The van der Waals surface area contributed by atoms with Gasteiger partial charge in [0, 0.05) is 25.4 Å². The molecule has 25 heavy (non-hydrogen) atoms. The number of aromatic nitrogens is 2. The fraction of sp³-hybridized carbons (Fsp3) is 0.421. The molecule has 1 N–H and O–H groups in total. The Morgan fingerprint density at radius 2 is 2.16 bits per heavy atom. The van der Waals surface area contributed by atoms with E-state index in [2.05, 4.69) is 29.1 Å². The van der Waals surface area contributed by atoms with Crippen LogP contribution in [0.5, 0.6) is 5.75 Å². The van der Waals surface area contributed by atoms with Gasteiger partial charge < -0.3 is 15.0 Å². The molecule has 2 amide bonds. The van der Waals surface area contributed by atoms with Gasteiger partial charge in [0.05, 0.1) is 24.5 Å². The molecule has 1 aliphatic rings. The van der Waals surface area contributed by atoms with Crippen molar-refractivity contribution in [1.29, 1.82) is 0 Å². The Bertz CT molecular complexity index is 678. The number of ether oxygens (including phenoxy) is 1. The average molecular weight is 340 g/mol. The highest BCUT2D eigenvalue weighted by Gasteiger charge is 2.30. The molecule has 1 fully saturated rings. The molecular weight excluding hydrogens is 316 g/mol. The summed E-state index contributed by atoms with van der Waals surface area (Å²) >= 11 is 0. The second kappa shape index (κ2) is 7.96. The van der Waals surface area contributed by atoms with Crippen LogP contribution in [0.2, 0.25) is 0 Å². The Kier molecular flexibility index (Phi) is 5.48. The minimum atomic E-state index is -0.105. The van der Waals surface area contributed by atoms with E-state index in [0.29, 0.717) is 13.1 Å². The number of hydrogen-bond donors (Lipinski definition) is 1. The predicted octanol–water partition coefficient (Wildman–Crippen LogP) is 3.04. The van der Waals surface area contributed by atoms with E-state index in [4.69, 9.17) is 4.74 Å². The largest absolute Gasteiger partial charge is 0.487 e. The van der Waals surface area contributed by atoms with Gasteiger partial charge in [-0.05, 0) is 30.2 Å². The molecule has 6 heteroatoms. The van der Waals surface area contributed by atoms with Crippen LogP contribution in [-0.4, -0.2) is 40.1 Å². The fourth-order valence-corrected chi connectivity index (χ4v) is 2.98. The summed E-state index contributed by atoms with van der Waals surface area (Å²) in [6, 6.07) is 9.32. The lowest BCUT2D eigenvalue weighted by molar-refractivity contribution is 0.181. The predicted molar refractivity (Wildman–Crippen MR) is 95.2 cm³/mol. The van der Waals surface area contributed by atoms with Gasteiger partial charge in [-0.3, -0.25) is 9.97 Å². The topological polar surface area (TPSA) is 67.4 Å². The van der Waals surface area contributed by atoms with Crippen molar-refractivity contribution in [3.8, 4) is 5.75 Å². The van der Waals surface area contributed by atoms with Crippen molar-refractivity contribution in [3.63, 3.8) is 0 Å². The molecule has 1 saturated heterocycles. The maximum absolute atomic E-state index is 12.7. The Hall–Kier alpha value is -2.63. The van der Waals surface area contributed by atoms with Gasteiger partial charge in [-0.25, -0.2) is 4.79 Å². The molecule has 2 atom stereocenters. The molecular formula is C19H24N4O2. The minimum Gasteiger partial charge on any atom is -0.487 e. The molecule has 3 heterocycles. The van der Waals surface area contributed by atoms with E-state index in [1.807, 2.05) is 30.3 Å². The lowest BCUT2D eigenvalue weighted by atomic mass is 10.0. The van der Waals surface area contributed by atoms with Gasteiger partial charge >= 0.3 is 6.03 Å². The Morgan fingerprint density at radius 1 is 1.28 bits per heavy atom. The lowest BCUT2D eigenvalue weighted by Crippen LogP contribution is -2.42. The Labute approximate surface area is 148 Å². The number of nitrogens with one attached hydrogen (secondary N) is 1. The maximum Gasteiger partial charge on any atom is 0.318 e. The average Bonchev–Trinajstić information content (AvgIpc) is 3.09. The fourth-order valence-electron chi connectivity index (χ4n) is 2.98. The number of carbonyl (C=O) groups is 1. The number of rotatable bonds is 5. The summed E-state index contributed by atoms with van der Waals surface area (Å²) in [4.78, 5) is 22.9. The zero-order chi connectivity index (χ0) is 17.6. The number of hydrogen-bond acceptors (Lipinski definition) is 4. The van der Waals surface area contributed by atoms with Gasteiger partial charge in [0.15, 0.2) is 0 Å². The summed E-state index contributed by atoms with van der Waals surface area (Å²) in [5.74, 6) is 0.993. The highest BCUT2D eigenvalue weighted by molar-refractivity contribution is 5.75. The number of carbonyl (C=O) groups excluding carboxylic acids is 1. The van der Waals surface area contributed by atoms with Crippen molar-refractivity contribution in [2.45, 2.75) is 32.4 Å². The van der Waals surface area contributed by atoms with Crippen LogP contribution in [0, 0.1) is 5.92 Å². The number of nitrogens with zero attached hydrogens (tertiary/aromatic N) is 3. The second-order valence-electron chi connectivity index (χ2n) is 6.59. The minimum absolute atomic E-state index is 0.00213. The third-order valence-corrected chi connectivity index (χ3v) is 4.32. The second-order valence-corrected chi connectivity index (χ2v) is 6.59. The first-order valence-corrected chi connectivity index (χ1v) is 8.66. The third kappa shape index (κ3) is 4.47. The molecule has 2 aromatic heterocycles. The first-order chi connectivity index (χ1) is 12.1. The molecule has 0 aromatic carbocycles. The number of amides is 2. The molecule has 0 bridgehead atoms. The first-order valence-electron chi connectivity index (χ1n) is 8.66. The van der Waals surface area contributed by atoms with Crippen molar-refractivity contribution < 1.29 is 9.53 Å². The lowest BCUT2D eigenvalue weighted by Gasteiger charge is -2.25. The highest BCUT2D eigenvalue weighted by atomic mass is 16.5. The molecule has 1 aliphatic heterocycles. The van der Waals surface area contributed by atoms with E-state index in [1.165, 1.54) is 0 Å². The van der Waals surface area contributed by atoms with E-state index in [9.17, 15) is 4.79 Å². The van der Waals surface area contributed by atoms with Crippen LogP contribution in [0.15, 0.2) is 48.9 Å². The standard InChI is InChI=1S/C19H24N4O2/c1-14(2)18(17-7-3-4-10-21-17)22-19(24)23-11-8-16(13-23)25-15-6-5-9-20-12-15/h3-7,9-10,12,14,16,18H,8,11,13H2,1-2H3,(H,22,24)/t16-,18-/m0/s1. The highest BCUT2D eigenvalue weighted by Crippen LogP contribution is 2.22. The number of pyridine rings is 2. The summed E-state index contributed by atoms with van der Waals surface area (Å²) in [5, 5.41) is 3.12. The number of likely N-dealkylation sites (tertiary alicyclic amines) is 1. The van der Waals surface area contributed by atoms with E-state index in [-0.39, 0.29) is 24.1 Å². The smallest absolute Gasteiger partial charge is 0.318 e. The molecule has 6 nitrogen and oxygen atoms in total. The molecule has 0 unspecified atom stereocenters. The monoisotopic (exact) mass is 340 g/mol. The number of urea groups is 1. The van der Waals surface area contributed by atoms with E-state index in [0.717, 1.165) is 17.9 Å². The van der Waals surface area contributed by atoms with Crippen LogP contribution >= 0.6 is 0 Å². The normalized spacial score (nSPS) is 18.2. The summed E-state index contributed by atoms with van der Waals surface area (Å²) in [7, 11) is 0. The quantitative estimate of drug-likeness (QED) is 0.908. The van der Waals surface area contributed by atoms with Gasteiger partial charge in [0.25, 0.3) is 0 Å². The van der Waals surface area contributed by atoms with E-state index >= 15 is 0 Å². The van der Waals surface area contributed by atoms with Crippen LogP contribution < -0.4 is 10.1 Å². The van der Waals surface area contributed by atoms with Crippen molar-refractivity contribution in [2.24, 2.45) is 5.92 Å². The van der Waals surface area contributed by atoms with Gasteiger partial charge in [-0.15, -0.1) is 0 Å². The van der Waals surface area contributed by atoms with Gasteiger partial charge in [0.2, 0.25) is 0 Å². The maximum atomic E-state index is 12.7. The summed E-state index contributed by atoms with van der Waals surface area (Å²) in [5.41, 5.74) is 0.883. The zero-order valence-electron chi connectivity index (χ0n) is 14.6. The van der Waals surface area contributed by atoms with Gasteiger partial charge in [-0.1, -0.05) is 19.9 Å². The molecule has 2 aromatic rings. The molecule has 0 spiro atoms. The Morgan fingerprint density at radius 3 is 2.84 bits per heavy atom. The summed E-state index contributed by atoms with van der Waals surface area (Å²) in [6.07, 6.45) is 5.98. The van der Waals surface area contributed by atoms with Crippen molar-refractivity contribution in [3.05, 3.63) is 54.6 Å². The molecule has 0 aliphatic carbocycles. The van der Waals surface area contributed by atoms with Gasteiger partial charge in [0.1, 0.15) is 11.9 Å². The zero-order valence-corrected chi connectivity index (χ0v) is 14.6. The van der Waals surface area contributed by atoms with Crippen LogP contribution in [0.25, 0.3) is 0 Å². The summed E-state index contributed by atoms with van der Waals surface area (Å²) < 4.78 is 5.90. The Balaban J connectivity index is 1.58. The van der Waals surface area contributed by atoms with Crippen LogP contribution in [0.3, 0.4) is 0 Å². The SMILES string of the molecule is CC(C)[C@H](NC(=O)N1CC[C@H](Oc2cccnc2)C1)c1ccccn1. The summed E-state index contributed by atoms with van der Waals surface area (Å²) in [6.45, 7) is 5.42. The third-order valence-electron chi connectivity index (χ3n) is 4.32. The van der Waals surface area contributed by atoms with Crippen molar-refractivity contribution >= 4 is 6.03 Å².